The molecule has 6 nitrogen and oxygen atoms in total. The van der Waals surface area contributed by atoms with Crippen LogP contribution in [0.15, 0.2) is 78.9 Å². The van der Waals surface area contributed by atoms with Crippen LogP contribution < -0.4 is 4.74 Å². The number of halogens is 4. The maximum atomic E-state index is 14.9. The molecule has 10 heteroatoms. The van der Waals surface area contributed by atoms with Gasteiger partial charge in [0, 0.05) is 37.4 Å². The van der Waals surface area contributed by atoms with Crippen molar-refractivity contribution in [1.82, 2.24) is 14.4 Å². The molecule has 0 bridgehead atoms. The molecule has 0 atom stereocenters. The molecule has 2 amide bonds. The molecule has 41 heavy (non-hydrogen) atoms. The second kappa shape index (κ2) is 11.1. The molecule has 0 aliphatic carbocycles. The predicted octanol–water partition coefficient (Wildman–Crippen LogP) is 6.22. The maximum Gasteiger partial charge on any atom is 0.416 e. The van der Waals surface area contributed by atoms with Gasteiger partial charge in [0.05, 0.1) is 29.6 Å². The summed E-state index contributed by atoms with van der Waals surface area (Å²) in [4.78, 5) is 29.7. The number of carbonyl (C=O) groups excluding carboxylic acids is 2. The van der Waals surface area contributed by atoms with Gasteiger partial charge in [-0.15, -0.1) is 0 Å². The minimum Gasteiger partial charge on any atom is -0.497 e. The van der Waals surface area contributed by atoms with Gasteiger partial charge in [-0.25, -0.2) is 4.39 Å². The molecule has 212 valence electrons. The number of nitrogens with zero attached hydrogens (tertiary/aromatic N) is 3. The third-order valence-corrected chi connectivity index (χ3v) is 7.25. The normalized spacial score (nSPS) is 13.8. The quantitative estimate of drug-likeness (QED) is 0.270. The zero-order valence-electron chi connectivity index (χ0n) is 22.4. The summed E-state index contributed by atoms with van der Waals surface area (Å²) in [5.74, 6) is -0.588. The van der Waals surface area contributed by atoms with Gasteiger partial charge in [-0.1, -0.05) is 18.2 Å². The van der Waals surface area contributed by atoms with Crippen molar-refractivity contribution < 1.29 is 31.9 Å². The number of methoxy groups -OCH3 is 1. The maximum absolute atomic E-state index is 14.9. The van der Waals surface area contributed by atoms with Crippen LogP contribution in [-0.2, 0) is 6.18 Å². The number of alkyl halides is 3. The molecule has 0 unspecified atom stereocenters. The van der Waals surface area contributed by atoms with Crippen LogP contribution >= 0.6 is 0 Å². The van der Waals surface area contributed by atoms with Crippen LogP contribution in [0.1, 0.15) is 32.0 Å². The van der Waals surface area contributed by atoms with Crippen LogP contribution in [0.3, 0.4) is 0 Å². The van der Waals surface area contributed by atoms with Gasteiger partial charge in [-0.3, -0.25) is 9.59 Å². The van der Waals surface area contributed by atoms with Crippen molar-refractivity contribution in [1.29, 1.82) is 0 Å². The molecule has 5 rings (SSSR count). The number of ether oxygens (including phenoxy) is 1. The van der Waals surface area contributed by atoms with Gasteiger partial charge in [-0.2, -0.15) is 13.2 Å². The van der Waals surface area contributed by atoms with E-state index in [-0.39, 0.29) is 37.6 Å². The largest absolute Gasteiger partial charge is 0.497 e. The summed E-state index contributed by atoms with van der Waals surface area (Å²) in [7, 11) is 1.56. The molecule has 1 aliphatic heterocycles. The second-order valence-corrected chi connectivity index (χ2v) is 9.71. The first kappa shape index (κ1) is 27.9. The molecule has 3 aromatic carbocycles. The predicted molar refractivity (Wildman–Crippen MR) is 146 cm³/mol. The molecule has 0 radical (unpaired) electrons. The highest BCUT2D eigenvalue weighted by Crippen LogP contribution is 2.33. The second-order valence-electron chi connectivity index (χ2n) is 9.71. The molecule has 4 aromatic rings. The number of rotatable bonds is 5. The average molecular weight is 566 g/mol. The molecule has 0 saturated carbocycles. The standard InChI is InChI=1S/C31H27F4N3O3/c1-20-25(19-28(21-10-12-24(41-2)13-11-21)38(20)27-9-4-3-8-26(27)32)30(40)37-16-14-36(15-17-37)29(39)22-6-5-7-23(18-22)31(33,34)35/h3-13,18-19H,14-17H2,1-2H3. The summed E-state index contributed by atoms with van der Waals surface area (Å²) >= 11 is 0. The smallest absolute Gasteiger partial charge is 0.416 e. The molecule has 1 aromatic heterocycles. The number of carbonyl (C=O) groups is 2. The fraction of sp³-hybridized carbons (Fsp3) is 0.226. The van der Waals surface area contributed by atoms with Crippen molar-refractivity contribution in [2.24, 2.45) is 0 Å². The lowest BCUT2D eigenvalue weighted by Gasteiger charge is -2.35. The summed E-state index contributed by atoms with van der Waals surface area (Å²) in [5.41, 5.74) is 1.67. The van der Waals surface area contributed by atoms with Crippen LogP contribution in [-0.4, -0.2) is 59.5 Å². The monoisotopic (exact) mass is 565 g/mol. The van der Waals surface area contributed by atoms with Crippen molar-refractivity contribution in [2.75, 3.05) is 33.3 Å². The van der Waals surface area contributed by atoms with Gasteiger partial charge in [0.15, 0.2) is 0 Å². The lowest BCUT2D eigenvalue weighted by atomic mass is 10.1. The Hall–Kier alpha value is -4.60. The van der Waals surface area contributed by atoms with Crippen LogP contribution in [0.5, 0.6) is 5.75 Å². The van der Waals surface area contributed by atoms with Gasteiger partial charge < -0.3 is 19.1 Å². The summed E-state index contributed by atoms with van der Waals surface area (Å²) in [6.07, 6.45) is -4.55. The van der Waals surface area contributed by atoms with Gasteiger partial charge >= 0.3 is 6.18 Å². The summed E-state index contributed by atoms with van der Waals surface area (Å²) in [6.45, 7) is 2.48. The van der Waals surface area contributed by atoms with E-state index in [9.17, 15) is 27.2 Å². The fourth-order valence-electron chi connectivity index (χ4n) is 5.04. The van der Waals surface area contributed by atoms with Gasteiger partial charge in [-0.05, 0) is 73.2 Å². The number of aromatic nitrogens is 1. The molecular formula is C31H27F4N3O3. The van der Waals surface area contributed by atoms with Crippen molar-refractivity contribution in [3.63, 3.8) is 0 Å². The van der Waals surface area contributed by atoms with Crippen LogP contribution in [0.4, 0.5) is 17.6 Å². The number of amides is 2. The van der Waals surface area contributed by atoms with E-state index in [4.69, 9.17) is 4.74 Å². The zero-order valence-corrected chi connectivity index (χ0v) is 22.4. The number of para-hydroxylation sites is 1. The summed E-state index contributed by atoms with van der Waals surface area (Å²) in [6, 6.07) is 19.6. The van der Waals surface area contributed by atoms with E-state index in [1.165, 1.54) is 23.1 Å². The number of hydrogen-bond donors (Lipinski definition) is 0. The Bertz CT molecular complexity index is 1590. The van der Waals surface area contributed by atoms with Gasteiger partial charge in [0.25, 0.3) is 11.8 Å². The third-order valence-electron chi connectivity index (χ3n) is 7.25. The van der Waals surface area contributed by atoms with E-state index in [0.29, 0.717) is 28.4 Å². The van der Waals surface area contributed by atoms with Gasteiger partial charge in [0.2, 0.25) is 0 Å². The minimum atomic E-state index is -4.55. The van der Waals surface area contributed by atoms with Crippen LogP contribution in [0.25, 0.3) is 16.9 Å². The lowest BCUT2D eigenvalue weighted by Crippen LogP contribution is -2.50. The van der Waals surface area contributed by atoms with Crippen molar-refractivity contribution in [3.8, 4) is 22.7 Å². The first-order chi connectivity index (χ1) is 19.6. The van der Waals surface area contributed by atoms with E-state index in [1.54, 1.807) is 59.9 Å². The Balaban J connectivity index is 1.40. The first-order valence-corrected chi connectivity index (χ1v) is 13.0. The highest BCUT2D eigenvalue weighted by atomic mass is 19.4. The molecule has 1 aliphatic rings. The molecule has 1 fully saturated rings. The van der Waals surface area contributed by atoms with E-state index < -0.39 is 23.5 Å². The molecule has 2 heterocycles. The zero-order chi connectivity index (χ0) is 29.3. The summed E-state index contributed by atoms with van der Waals surface area (Å²) < 4.78 is 61.2. The Kier molecular flexibility index (Phi) is 7.57. The van der Waals surface area contributed by atoms with Crippen molar-refractivity contribution in [2.45, 2.75) is 13.1 Å². The molecule has 0 N–H and O–H groups in total. The summed E-state index contributed by atoms with van der Waals surface area (Å²) in [5, 5.41) is 0. The lowest BCUT2D eigenvalue weighted by molar-refractivity contribution is -0.137. The first-order valence-electron chi connectivity index (χ1n) is 13.0. The number of hydrogen-bond acceptors (Lipinski definition) is 3. The van der Waals surface area contributed by atoms with E-state index >= 15 is 0 Å². The Morgan fingerprint density at radius 3 is 2.05 bits per heavy atom. The Morgan fingerprint density at radius 2 is 1.44 bits per heavy atom. The number of piperazine rings is 1. The van der Waals surface area contributed by atoms with Crippen LogP contribution in [0.2, 0.25) is 0 Å². The van der Waals surface area contributed by atoms with Crippen molar-refractivity contribution >= 4 is 11.8 Å². The third kappa shape index (κ3) is 5.54. The molecule has 0 spiro atoms. The highest BCUT2D eigenvalue weighted by Gasteiger charge is 2.32. The average Bonchev–Trinajstić information content (AvgIpc) is 3.33. The van der Waals surface area contributed by atoms with Crippen molar-refractivity contribution in [3.05, 3.63) is 107 Å². The fourth-order valence-corrected chi connectivity index (χ4v) is 5.04. The minimum absolute atomic E-state index is 0.0541. The molecule has 1 saturated heterocycles. The Morgan fingerprint density at radius 1 is 0.805 bits per heavy atom. The topological polar surface area (TPSA) is 54.8 Å². The number of benzene rings is 3. The highest BCUT2D eigenvalue weighted by molar-refractivity contribution is 5.98. The Labute approximate surface area is 234 Å². The van der Waals surface area contributed by atoms with Crippen LogP contribution in [0, 0.1) is 12.7 Å². The molecular weight excluding hydrogens is 538 g/mol. The SMILES string of the molecule is COc1ccc(-c2cc(C(=O)N3CCN(C(=O)c4cccc(C(F)(F)F)c4)CC3)c(C)n2-c2ccccc2F)cc1. The van der Waals surface area contributed by atoms with E-state index in [1.807, 2.05) is 12.1 Å². The van der Waals surface area contributed by atoms with E-state index in [0.717, 1.165) is 17.7 Å². The van der Waals surface area contributed by atoms with E-state index in [2.05, 4.69) is 0 Å². The van der Waals surface area contributed by atoms with Gasteiger partial charge in [0.1, 0.15) is 11.6 Å².